The van der Waals surface area contributed by atoms with E-state index in [1.54, 1.807) is 0 Å². The highest BCUT2D eigenvalue weighted by atomic mass is 16.5. The van der Waals surface area contributed by atoms with Gasteiger partial charge in [-0.1, -0.05) is 42.5 Å². The van der Waals surface area contributed by atoms with E-state index in [-0.39, 0.29) is 11.7 Å². The summed E-state index contributed by atoms with van der Waals surface area (Å²) < 4.78 is 10.8. The number of hydrogen-bond donors (Lipinski definition) is 3. The Morgan fingerprint density at radius 2 is 1.55 bits per heavy atom. The van der Waals surface area contributed by atoms with Gasteiger partial charge in [0.2, 0.25) is 5.91 Å². The van der Waals surface area contributed by atoms with Crippen LogP contribution in [0.1, 0.15) is 58.3 Å². The Labute approximate surface area is 227 Å². The highest BCUT2D eigenvalue weighted by Crippen LogP contribution is 2.34. The maximum atomic E-state index is 12.9. The van der Waals surface area contributed by atoms with Gasteiger partial charge in [-0.25, -0.2) is 0 Å². The summed E-state index contributed by atoms with van der Waals surface area (Å²) in [5.41, 5.74) is 7.10. The molecule has 0 saturated heterocycles. The van der Waals surface area contributed by atoms with Crippen molar-refractivity contribution in [3.05, 3.63) is 76.4 Å². The minimum absolute atomic E-state index is 0.0595. The normalized spacial score (nSPS) is 13.6. The van der Waals surface area contributed by atoms with Crippen molar-refractivity contribution in [1.29, 1.82) is 0 Å². The molecule has 0 saturated carbocycles. The molecule has 0 radical (unpaired) electrons. The third-order valence-corrected chi connectivity index (χ3v) is 6.68. The van der Waals surface area contributed by atoms with E-state index in [1.807, 2.05) is 20.2 Å². The molecule has 38 heavy (non-hydrogen) atoms. The monoisotopic (exact) mass is 521 g/mol. The van der Waals surface area contributed by atoms with Gasteiger partial charge in [-0.15, -0.1) is 0 Å². The Morgan fingerprint density at radius 1 is 0.816 bits per heavy atom. The number of carbonyl (C=O) groups is 2. The number of hydrogen-bond acceptors (Lipinski definition) is 6. The van der Waals surface area contributed by atoms with Crippen LogP contribution in [0.4, 0.5) is 0 Å². The van der Waals surface area contributed by atoms with E-state index < -0.39 is 0 Å². The Kier molecular flexibility index (Phi) is 13.2. The minimum Gasteiger partial charge on any atom is -0.379 e. The summed E-state index contributed by atoms with van der Waals surface area (Å²) >= 11 is 0. The summed E-state index contributed by atoms with van der Waals surface area (Å²) in [6, 6.07) is 14.8. The number of amides is 1. The summed E-state index contributed by atoms with van der Waals surface area (Å²) in [6.45, 7) is 4.23. The van der Waals surface area contributed by atoms with Gasteiger partial charge in [0, 0.05) is 31.5 Å². The Hall–Kier alpha value is -2.84. The number of rotatable bonds is 17. The molecule has 0 aromatic heterocycles. The van der Waals surface area contributed by atoms with Gasteiger partial charge in [-0.2, -0.15) is 0 Å². The zero-order valence-electron chi connectivity index (χ0n) is 22.9. The number of ether oxygens (including phenoxy) is 2. The molecule has 7 heteroatoms. The van der Waals surface area contributed by atoms with Crippen molar-refractivity contribution in [2.24, 2.45) is 0 Å². The lowest BCUT2D eigenvalue weighted by molar-refractivity contribution is -0.122. The van der Waals surface area contributed by atoms with Crippen LogP contribution in [0.25, 0.3) is 5.57 Å². The molecule has 206 valence electrons. The zero-order chi connectivity index (χ0) is 27.0. The van der Waals surface area contributed by atoms with E-state index in [2.05, 4.69) is 58.4 Å². The SMILES string of the molecule is CNCC/C=C1/c2ccccc2CCc2cc(C(=O)CCCNC(=O)CCOCCOCCNC)ccc21. The molecular weight excluding hydrogens is 478 g/mol. The highest BCUT2D eigenvalue weighted by molar-refractivity contribution is 5.97. The first kappa shape index (κ1) is 29.7. The van der Waals surface area contributed by atoms with Crippen LogP contribution in [-0.2, 0) is 27.1 Å². The van der Waals surface area contributed by atoms with Gasteiger partial charge in [-0.05, 0) is 80.2 Å². The number of fused-ring (bicyclic) bond motifs is 2. The topological polar surface area (TPSA) is 88.7 Å². The molecule has 1 amide bonds. The van der Waals surface area contributed by atoms with E-state index in [1.165, 1.54) is 27.8 Å². The van der Waals surface area contributed by atoms with Crippen molar-refractivity contribution in [2.45, 2.75) is 38.5 Å². The fourth-order valence-electron chi connectivity index (χ4n) is 4.60. The molecule has 0 atom stereocenters. The van der Waals surface area contributed by atoms with Crippen LogP contribution in [0, 0.1) is 0 Å². The predicted octanol–water partition coefficient (Wildman–Crippen LogP) is 3.55. The Balaban J connectivity index is 1.46. The minimum atomic E-state index is -0.0595. The fourth-order valence-corrected chi connectivity index (χ4v) is 4.60. The van der Waals surface area contributed by atoms with Crippen molar-refractivity contribution in [3.63, 3.8) is 0 Å². The van der Waals surface area contributed by atoms with Crippen LogP contribution in [-0.4, -0.2) is 71.8 Å². The molecule has 7 nitrogen and oxygen atoms in total. The van der Waals surface area contributed by atoms with E-state index >= 15 is 0 Å². The average molecular weight is 522 g/mol. The van der Waals surface area contributed by atoms with Crippen molar-refractivity contribution >= 4 is 17.3 Å². The highest BCUT2D eigenvalue weighted by Gasteiger charge is 2.19. The molecule has 3 rings (SSSR count). The lowest BCUT2D eigenvalue weighted by atomic mass is 9.91. The molecule has 2 aromatic carbocycles. The van der Waals surface area contributed by atoms with Gasteiger partial charge in [0.1, 0.15) is 0 Å². The van der Waals surface area contributed by atoms with Crippen LogP contribution in [0.2, 0.25) is 0 Å². The third-order valence-electron chi connectivity index (χ3n) is 6.68. The zero-order valence-corrected chi connectivity index (χ0v) is 22.9. The Bertz CT molecular complexity index is 1070. The van der Waals surface area contributed by atoms with Gasteiger partial charge in [-0.3, -0.25) is 9.59 Å². The van der Waals surface area contributed by atoms with Crippen molar-refractivity contribution < 1.29 is 19.1 Å². The standard InChI is InChI=1S/C31H43N3O4/c1-32-16-5-9-29-27-8-4-3-7-24(27)11-12-25-23-26(13-14-28(25)29)30(35)10-6-17-34-31(36)15-19-37-21-22-38-20-18-33-2/h3-4,7-9,13-14,23,32-33H,5-6,10-12,15-22H2,1-2H3,(H,34,36)/b29-9-. The fraction of sp³-hybridized carbons (Fsp3) is 0.484. The first-order chi connectivity index (χ1) is 18.6. The lowest BCUT2D eigenvalue weighted by Crippen LogP contribution is -2.26. The van der Waals surface area contributed by atoms with Gasteiger partial charge in [0.15, 0.2) is 5.78 Å². The summed E-state index contributed by atoms with van der Waals surface area (Å²) in [5.74, 6) is 0.0573. The average Bonchev–Trinajstić information content (AvgIpc) is 3.09. The molecule has 0 aliphatic heterocycles. The maximum absolute atomic E-state index is 12.9. The lowest BCUT2D eigenvalue weighted by Gasteiger charge is -2.13. The van der Waals surface area contributed by atoms with E-state index in [0.29, 0.717) is 52.2 Å². The molecule has 2 aromatic rings. The molecular formula is C31H43N3O4. The quantitative estimate of drug-likeness (QED) is 0.218. The summed E-state index contributed by atoms with van der Waals surface area (Å²) in [6.07, 6.45) is 6.46. The molecule has 1 aliphatic rings. The van der Waals surface area contributed by atoms with Crippen LogP contribution in [0.3, 0.4) is 0 Å². The van der Waals surface area contributed by atoms with Crippen LogP contribution in [0.5, 0.6) is 0 Å². The second-order valence-corrected chi connectivity index (χ2v) is 9.49. The third kappa shape index (κ3) is 9.48. The summed E-state index contributed by atoms with van der Waals surface area (Å²) in [7, 11) is 3.85. The van der Waals surface area contributed by atoms with Crippen LogP contribution < -0.4 is 16.0 Å². The molecule has 1 aliphatic carbocycles. The smallest absolute Gasteiger partial charge is 0.222 e. The van der Waals surface area contributed by atoms with Crippen molar-refractivity contribution in [2.75, 3.05) is 60.2 Å². The number of likely N-dealkylation sites (N-methyl/N-ethyl adjacent to an activating group) is 1. The van der Waals surface area contributed by atoms with Crippen molar-refractivity contribution in [1.82, 2.24) is 16.0 Å². The number of benzene rings is 2. The molecule has 0 unspecified atom stereocenters. The van der Waals surface area contributed by atoms with Gasteiger partial charge >= 0.3 is 0 Å². The first-order valence-electron chi connectivity index (χ1n) is 13.8. The van der Waals surface area contributed by atoms with Gasteiger partial charge in [0.25, 0.3) is 0 Å². The number of nitrogens with one attached hydrogen (secondary N) is 3. The van der Waals surface area contributed by atoms with E-state index in [0.717, 1.165) is 37.9 Å². The Morgan fingerprint density at radius 3 is 2.37 bits per heavy atom. The van der Waals surface area contributed by atoms with Crippen LogP contribution >= 0.6 is 0 Å². The number of ketones is 1. The first-order valence-corrected chi connectivity index (χ1v) is 13.8. The maximum Gasteiger partial charge on any atom is 0.222 e. The molecule has 0 spiro atoms. The van der Waals surface area contributed by atoms with Crippen LogP contribution in [0.15, 0.2) is 48.5 Å². The second-order valence-electron chi connectivity index (χ2n) is 9.49. The van der Waals surface area contributed by atoms with Gasteiger partial charge in [0.05, 0.1) is 26.4 Å². The number of Topliss-reactive ketones (excluding diaryl/α,β-unsaturated/α-hetero) is 1. The van der Waals surface area contributed by atoms with Gasteiger partial charge < -0.3 is 25.4 Å². The number of aryl methyl sites for hydroxylation is 2. The summed E-state index contributed by atoms with van der Waals surface area (Å²) in [5, 5.41) is 9.11. The largest absolute Gasteiger partial charge is 0.379 e. The number of carbonyl (C=O) groups excluding carboxylic acids is 2. The molecule has 0 bridgehead atoms. The predicted molar refractivity (Wildman–Crippen MR) is 153 cm³/mol. The molecule has 3 N–H and O–H groups in total. The van der Waals surface area contributed by atoms with E-state index in [4.69, 9.17) is 9.47 Å². The molecule has 0 fully saturated rings. The second kappa shape index (κ2) is 16.9. The summed E-state index contributed by atoms with van der Waals surface area (Å²) in [4.78, 5) is 25.0. The van der Waals surface area contributed by atoms with Crippen molar-refractivity contribution in [3.8, 4) is 0 Å². The molecule has 0 heterocycles. The van der Waals surface area contributed by atoms with E-state index in [9.17, 15) is 9.59 Å².